The second-order valence-corrected chi connectivity index (χ2v) is 4.98. The molecule has 0 saturated carbocycles. The number of nitrogens with zero attached hydrogens (tertiary/aromatic N) is 2. The van der Waals surface area contributed by atoms with Crippen molar-refractivity contribution in [1.82, 2.24) is 15.2 Å². The van der Waals surface area contributed by atoms with E-state index < -0.39 is 0 Å². The van der Waals surface area contributed by atoms with Crippen LogP contribution in [0.1, 0.15) is 17.7 Å². The number of aryl methyl sites for hydroxylation is 2. The third kappa shape index (κ3) is 3.08. The average Bonchev–Trinajstić information content (AvgIpc) is 2.87. The van der Waals surface area contributed by atoms with Crippen molar-refractivity contribution in [3.8, 4) is 0 Å². The summed E-state index contributed by atoms with van der Waals surface area (Å²) in [7, 11) is 0. The molecule has 2 N–H and O–H groups in total. The number of anilines is 1. The Balaban J connectivity index is 1.63. The maximum absolute atomic E-state index is 12.0. The van der Waals surface area contributed by atoms with Gasteiger partial charge in [-0.25, -0.2) is 0 Å². The minimum atomic E-state index is -0.00146. The van der Waals surface area contributed by atoms with Crippen LogP contribution in [0.4, 0.5) is 5.69 Å². The normalized spacial score (nSPS) is 10.7. The Bertz CT molecular complexity index is 764. The van der Waals surface area contributed by atoms with Gasteiger partial charge in [0, 0.05) is 35.6 Å². The van der Waals surface area contributed by atoms with Crippen LogP contribution in [-0.2, 0) is 11.2 Å². The standard InChI is InChI=1S/C16H16N4O/c1-11-14-4-3-13(10-15(14)20-19-11)18-16(21)5-2-12-6-8-17-9-7-12/h3-4,6-10H,2,5H2,1H3,(H,18,21)(H,19,20). The number of aromatic amines is 1. The molecular weight excluding hydrogens is 264 g/mol. The van der Waals surface area contributed by atoms with Gasteiger partial charge in [-0.1, -0.05) is 0 Å². The minimum absolute atomic E-state index is 0.00146. The molecule has 3 aromatic rings. The van der Waals surface area contributed by atoms with Crippen LogP contribution in [0.2, 0.25) is 0 Å². The lowest BCUT2D eigenvalue weighted by Crippen LogP contribution is -2.12. The highest BCUT2D eigenvalue weighted by molar-refractivity contribution is 5.94. The first-order valence-corrected chi connectivity index (χ1v) is 6.86. The molecule has 0 unspecified atom stereocenters. The first-order chi connectivity index (χ1) is 10.2. The molecule has 21 heavy (non-hydrogen) atoms. The lowest BCUT2D eigenvalue weighted by Gasteiger charge is -2.05. The van der Waals surface area contributed by atoms with Crippen molar-refractivity contribution in [3.63, 3.8) is 0 Å². The van der Waals surface area contributed by atoms with E-state index in [4.69, 9.17) is 0 Å². The van der Waals surface area contributed by atoms with Gasteiger partial charge < -0.3 is 5.32 Å². The molecule has 2 aromatic heterocycles. The SMILES string of the molecule is Cc1[nH]nc2cc(NC(=O)CCc3ccncc3)ccc12. The summed E-state index contributed by atoms with van der Waals surface area (Å²) in [5, 5.41) is 11.1. The van der Waals surface area contributed by atoms with Crippen LogP contribution in [0, 0.1) is 6.92 Å². The molecule has 1 aromatic carbocycles. The van der Waals surface area contributed by atoms with E-state index in [9.17, 15) is 4.79 Å². The van der Waals surface area contributed by atoms with Gasteiger partial charge >= 0.3 is 0 Å². The number of fused-ring (bicyclic) bond motifs is 1. The van der Waals surface area contributed by atoms with Crippen LogP contribution in [0.5, 0.6) is 0 Å². The van der Waals surface area contributed by atoms with Gasteiger partial charge in [-0.05, 0) is 49.2 Å². The quantitative estimate of drug-likeness (QED) is 0.772. The molecule has 0 aliphatic heterocycles. The predicted molar refractivity (Wildman–Crippen MR) is 82.0 cm³/mol. The van der Waals surface area contributed by atoms with Gasteiger partial charge in [-0.2, -0.15) is 5.10 Å². The Morgan fingerprint density at radius 2 is 2.05 bits per heavy atom. The average molecular weight is 280 g/mol. The smallest absolute Gasteiger partial charge is 0.224 e. The predicted octanol–water partition coefficient (Wildman–Crippen LogP) is 2.84. The molecule has 5 heteroatoms. The number of carbonyl (C=O) groups is 1. The van der Waals surface area contributed by atoms with Crippen molar-refractivity contribution in [2.75, 3.05) is 5.32 Å². The monoisotopic (exact) mass is 280 g/mol. The van der Waals surface area contributed by atoms with Gasteiger partial charge in [0.1, 0.15) is 0 Å². The van der Waals surface area contributed by atoms with E-state index in [1.165, 1.54) is 0 Å². The first-order valence-electron chi connectivity index (χ1n) is 6.86. The summed E-state index contributed by atoms with van der Waals surface area (Å²) in [5.41, 5.74) is 3.77. The fourth-order valence-corrected chi connectivity index (χ4v) is 2.25. The molecular formula is C16H16N4O. The maximum Gasteiger partial charge on any atom is 0.224 e. The van der Waals surface area contributed by atoms with E-state index in [0.717, 1.165) is 27.8 Å². The van der Waals surface area contributed by atoms with Crippen molar-refractivity contribution in [2.24, 2.45) is 0 Å². The number of aromatic nitrogens is 3. The lowest BCUT2D eigenvalue weighted by molar-refractivity contribution is -0.116. The van der Waals surface area contributed by atoms with Gasteiger partial charge in [-0.15, -0.1) is 0 Å². The second-order valence-electron chi connectivity index (χ2n) is 4.98. The van der Waals surface area contributed by atoms with E-state index in [0.29, 0.717) is 12.8 Å². The molecule has 0 atom stereocenters. The Hall–Kier alpha value is -2.69. The summed E-state index contributed by atoms with van der Waals surface area (Å²) < 4.78 is 0. The Morgan fingerprint density at radius 1 is 1.24 bits per heavy atom. The summed E-state index contributed by atoms with van der Waals surface area (Å²) in [6, 6.07) is 9.59. The van der Waals surface area contributed by atoms with Crippen LogP contribution in [0.3, 0.4) is 0 Å². The maximum atomic E-state index is 12.0. The lowest BCUT2D eigenvalue weighted by atomic mass is 10.1. The highest BCUT2D eigenvalue weighted by Crippen LogP contribution is 2.19. The summed E-state index contributed by atoms with van der Waals surface area (Å²) in [6.07, 6.45) is 4.63. The topological polar surface area (TPSA) is 70.7 Å². The number of amides is 1. The minimum Gasteiger partial charge on any atom is -0.326 e. The molecule has 0 radical (unpaired) electrons. The molecule has 1 amide bonds. The van der Waals surface area contributed by atoms with E-state index >= 15 is 0 Å². The van der Waals surface area contributed by atoms with Crippen LogP contribution in [0.15, 0.2) is 42.7 Å². The molecule has 0 aliphatic rings. The zero-order valence-electron chi connectivity index (χ0n) is 11.8. The number of H-pyrrole nitrogens is 1. The van der Waals surface area contributed by atoms with Crippen molar-refractivity contribution in [2.45, 2.75) is 19.8 Å². The van der Waals surface area contributed by atoms with Crippen LogP contribution < -0.4 is 5.32 Å². The molecule has 0 fully saturated rings. The molecule has 0 bridgehead atoms. The number of nitrogens with one attached hydrogen (secondary N) is 2. The molecule has 0 spiro atoms. The zero-order valence-corrected chi connectivity index (χ0v) is 11.8. The summed E-state index contributed by atoms with van der Waals surface area (Å²) in [5.74, 6) is -0.00146. The van der Waals surface area contributed by atoms with Crippen LogP contribution in [0.25, 0.3) is 10.9 Å². The van der Waals surface area contributed by atoms with E-state index in [1.807, 2.05) is 37.3 Å². The largest absolute Gasteiger partial charge is 0.326 e. The van der Waals surface area contributed by atoms with Gasteiger partial charge in [-0.3, -0.25) is 14.9 Å². The molecule has 3 rings (SSSR count). The van der Waals surface area contributed by atoms with Crippen molar-refractivity contribution < 1.29 is 4.79 Å². The third-order valence-corrected chi connectivity index (χ3v) is 3.42. The number of benzene rings is 1. The molecule has 0 saturated heterocycles. The summed E-state index contributed by atoms with van der Waals surface area (Å²) in [4.78, 5) is 15.9. The first kappa shape index (κ1) is 13.3. The number of rotatable bonds is 4. The van der Waals surface area contributed by atoms with Crippen molar-refractivity contribution >= 4 is 22.5 Å². The van der Waals surface area contributed by atoms with Gasteiger partial charge in [0.2, 0.25) is 5.91 Å². The number of carbonyl (C=O) groups excluding carboxylic acids is 1. The van der Waals surface area contributed by atoms with Gasteiger partial charge in [0.15, 0.2) is 0 Å². The van der Waals surface area contributed by atoms with E-state index in [1.54, 1.807) is 12.4 Å². The Labute approximate surface area is 122 Å². The Kier molecular flexibility index (Phi) is 3.64. The second kappa shape index (κ2) is 5.75. The van der Waals surface area contributed by atoms with Gasteiger partial charge in [0.25, 0.3) is 0 Å². The number of hydrogen-bond acceptors (Lipinski definition) is 3. The number of hydrogen-bond donors (Lipinski definition) is 2. The third-order valence-electron chi connectivity index (χ3n) is 3.42. The van der Waals surface area contributed by atoms with Crippen LogP contribution in [-0.4, -0.2) is 21.1 Å². The molecule has 2 heterocycles. The van der Waals surface area contributed by atoms with Gasteiger partial charge in [0.05, 0.1) is 5.52 Å². The highest BCUT2D eigenvalue weighted by atomic mass is 16.1. The van der Waals surface area contributed by atoms with E-state index in [-0.39, 0.29) is 5.91 Å². The van der Waals surface area contributed by atoms with Crippen molar-refractivity contribution in [3.05, 3.63) is 54.0 Å². The summed E-state index contributed by atoms with van der Waals surface area (Å²) >= 11 is 0. The Morgan fingerprint density at radius 3 is 2.86 bits per heavy atom. The summed E-state index contributed by atoms with van der Waals surface area (Å²) in [6.45, 7) is 1.97. The highest BCUT2D eigenvalue weighted by Gasteiger charge is 2.06. The van der Waals surface area contributed by atoms with Crippen molar-refractivity contribution in [1.29, 1.82) is 0 Å². The molecule has 106 valence electrons. The van der Waals surface area contributed by atoms with E-state index in [2.05, 4.69) is 20.5 Å². The fourth-order valence-electron chi connectivity index (χ4n) is 2.25. The number of pyridine rings is 1. The zero-order chi connectivity index (χ0) is 14.7. The fraction of sp³-hybridized carbons (Fsp3) is 0.188. The van der Waals surface area contributed by atoms with Crippen LogP contribution >= 0.6 is 0 Å². The molecule has 5 nitrogen and oxygen atoms in total. The molecule has 0 aliphatic carbocycles.